The number of ether oxygens (including phenoxy) is 2. The number of aromatic nitrogens is 3. The molecule has 9 rings (SSSR count). The van der Waals surface area contributed by atoms with Gasteiger partial charge in [0.25, 0.3) is 5.92 Å². The third-order valence-corrected chi connectivity index (χ3v) is 14.2. The molecule has 4 aliphatic rings. The number of pyridine rings is 1. The van der Waals surface area contributed by atoms with E-state index in [1.807, 2.05) is 39.8 Å². The maximum Gasteiger partial charge on any atom is 0.407 e. The number of imidazole rings is 1. The summed E-state index contributed by atoms with van der Waals surface area (Å²) in [5, 5.41) is 8.31. The molecule has 4 N–H and O–H groups in total. The average molecular weight is 943 g/mol. The molecule has 3 fully saturated rings. The SMILES string of the molecule is COC(=O)N[C@H](C(=O)N1CCC[C@H]1c1ncc(-c2cncc(-c3ccc4c(c3)C(F)(F)c3cc(-c5cccc(NC(=O)[C@@H]6C7CCC(C7)N6C(=O)[C@@H](NC(=O)OC)C(C)C)c5)ccc3-4)c2)[nH]1)C(C)C. The first-order valence-corrected chi connectivity index (χ1v) is 23.5. The van der Waals surface area contributed by atoms with E-state index in [9.17, 15) is 24.0 Å². The largest absolute Gasteiger partial charge is 0.453 e. The summed E-state index contributed by atoms with van der Waals surface area (Å²) >= 11 is 0. The van der Waals surface area contributed by atoms with E-state index in [2.05, 4.69) is 30.9 Å². The van der Waals surface area contributed by atoms with Crippen molar-refractivity contribution in [2.45, 2.75) is 95.9 Å². The van der Waals surface area contributed by atoms with Crippen LogP contribution in [0.5, 0.6) is 0 Å². The Morgan fingerprint density at radius 1 is 0.739 bits per heavy atom. The zero-order valence-corrected chi connectivity index (χ0v) is 39.3. The second kappa shape index (κ2) is 18.7. The summed E-state index contributed by atoms with van der Waals surface area (Å²) in [6.45, 7) is 7.88. The van der Waals surface area contributed by atoms with Crippen molar-refractivity contribution in [3.63, 3.8) is 0 Å². The van der Waals surface area contributed by atoms with Gasteiger partial charge in [0.1, 0.15) is 23.9 Å². The molecule has 3 aromatic carbocycles. The van der Waals surface area contributed by atoms with Crippen LogP contribution in [-0.2, 0) is 29.8 Å². The number of nitrogens with one attached hydrogen (secondary N) is 4. The molecule has 5 amide bonds. The van der Waals surface area contributed by atoms with Crippen molar-refractivity contribution in [1.82, 2.24) is 35.4 Å². The van der Waals surface area contributed by atoms with Gasteiger partial charge in [-0.3, -0.25) is 19.4 Å². The Morgan fingerprint density at radius 3 is 2.01 bits per heavy atom. The molecular formula is C52H56F2N8O7. The molecule has 2 aliphatic carbocycles. The highest BCUT2D eigenvalue weighted by Gasteiger charge is 2.53. The van der Waals surface area contributed by atoms with Crippen molar-refractivity contribution >= 4 is 35.6 Å². The molecular weight excluding hydrogens is 887 g/mol. The van der Waals surface area contributed by atoms with E-state index >= 15 is 8.78 Å². The first-order valence-electron chi connectivity index (χ1n) is 23.5. The van der Waals surface area contributed by atoms with E-state index in [1.54, 1.807) is 70.9 Å². The number of likely N-dealkylation sites (tertiary alicyclic amines) is 2. The molecule has 5 aromatic rings. The number of alkyl halides is 2. The topological polar surface area (TPSA) is 188 Å². The summed E-state index contributed by atoms with van der Waals surface area (Å²) in [6, 6.07) is 16.1. The van der Waals surface area contributed by atoms with Gasteiger partial charge in [-0.15, -0.1) is 0 Å². The number of carbonyl (C=O) groups is 5. The molecule has 15 nitrogen and oxygen atoms in total. The molecule has 2 unspecified atom stereocenters. The highest BCUT2D eigenvalue weighted by molar-refractivity contribution is 6.00. The second-order valence-corrected chi connectivity index (χ2v) is 19.1. The number of carbonyl (C=O) groups excluding carboxylic acids is 5. The van der Waals surface area contributed by atoms with Crippen molar-refractivity contribution in [2.24, 2.45) is 17.8 Å². The Labute approximate surface area is 398 Å². The number of piperidine rings is 1. The number of hydrogen-bond acceptors (Lipinski definition) is 9. The lowest BCUT2D eigenvalue weighted by atomic mass is 9.95. The summed E-state index contributed by atoms with van der Waals surface area (Å²) in [5.74, 6) is -4.07. The van der Waals surface area contributed by atoms with E-state index < -0.39 is 36.2 Å². The Morgan fingerprint density at radius 2 is 1.36 bits per heavy atom. The lowest BCUT2D eigenvalue weighted by molar-refractivity contribution is -0.143. The molecule has 69 heavy (non-hydrogen) atoms. The van der Waals surface area contributed by atoms with Gasteiger partial charge in [-0.2, -0.15) is 8.78 Å². The monoisotopic (exact) mass is 942 g/mol. The molecule has 2 aromatic heterocycles. The van der Waals surface area contributed by atoms with E-state index in [1.165, 1.54) is 26.4 Å². The summed E-state index contributed by atoms with van der Waals surface area (Å²) in [6.07, 6.45) is 7.28. The van der Waals surface area contributed by atoms with Crippen LogP contribution in [0.2, 0.25) is 0 Å². The molecule has 1 saturated carbocycles. The van der Waals surface area contributed by atoms with Crippen LogP contribution < -0.4 is 16.0 Å². The van der Waals surface area contributed by atoms with Crippen molar-refractivity contribution in [1.29, 1.82) is 0 Å². The number of amides is 5. The minimum absolute atomic E-state index is 0.0319. The summed E-state index contributed by atoms with van der Waals surface area (Å²) in [4.78, 5) is 81.6. The Kier molecular flexibility index (Phi) is 12.7. The van der Waals surface area contributed by atoms with Crippen LogP contribution in [0.15, 0.2) is 85.3 Å². The molecule has 6 atom stereocenters. The fraction of sp³-hybridized carbons (Fsp3) is 0.404. The molecule has 17 heteroatoms. The van der Waals surface area contributed by atoms with Crippen molar-refractivity contribution < 1.29 is 42.2 Å². The van der Waals surface area contributed by atoms with E-state index in [-0.39, 0.29) is 58.7 Å². The predicted octanol–water partition coefficient (Wildman–Crippen LogP) is 8.67. The van der Waals surface area contributed by atoms with Crippen LogP contribution in [0, 0.1) is 17.8 Å². The fourth-order valence-corrected chi connectivity index (χ4v) is 10.7. The number of benzene rings is 3. The van der Waals surface area contributed by atoms with E-state index in [0.717, 1.165) is 19.3 Å². The standard InChI is InChI=1S/C52H56F2N8O7/c1-27(2)43(59-50(66)68-5)48(64)61-18-8-11-42(61)46-56-26-41(58-46)34-19-33(24-55-25-34)31-14-17-38-37-16-13-30(22-39(37)52(53,54)40(38)23-31)29-9-7-10-35(20-29)57-47(63)45-32-12-15-36(21-32)62(45)49(65)44(28(3)4)60-51(67)69-6/h7,9-10,13-14,16-17,19-20,22-28,32,36,42-45H,8,11-12,15,18,21H2,1-6H3,(H,56,58)(H,57,63)(H,59,66)(H,60,67)/t32?,36?,42-,43-,44-,45-/m0/s1. The van der Waals surface area contributed by atoms with E-state index in [0.29, 0.717) is 75.5 Å². The summed E-state index contributed by atoms with van der Waals surface area (Å²) in [5.41, 5.74) is 4.74. The summed E-state index contributed by atoms with van der Waals surface area (Å²) < 4.78 is 42.9. The van der Waals surface area contributed by atoms with Gasteiger partial charge >= 0.3 is 12.2 Å². The molecule has 2 aliphatic heterocycles. The molecule has 360 valence electrons. The number of methoxy groups -OCH3 is 2. The average Bonchev–Trinajstić information content (AvgIpc) is 4.21. The highest BCUT2D eigenvalue weighted by atomic mass is 19.3. The minimum Gasteiger partial charge on any atom is -0.453 e. The lowest BCUT2D eigenvalue weighted by Gasteiger charge is -2.37. The van der Waals surface area contributed by atoms with Gasteiger partial charge in [0.2, 0.25) is 17.7 Å². The van der Waals surface area contributed by atoms with Crippen LogP contribution in [-0.4, -0.2) is 99.6 Å². The van der Waals surface area contributed by atoms with Gasteiger partial charge in [0, 0.05) is 52.9 Å². The van der Waals surface area contributed by atoms with Crippen LogP contribution in [0.4, 0.5) is 24.1 Å². The number of hydrogen-bond donors (Lipinski definition) is 4. The number of rotatable bonds is 12. The normalized spacial score (nSPS) is 20.6. The van der Waals surface area contributed by atoms with Crippen LogP contribution in [0.3, 0.4) is 0 Å². The van der Waals surface area contributed by atoms with Crippen molar-refractivity contribution in [3.8, 4) is 44.6 Å². The van der Waals surface area contributed by atoms with Crippen LogP contribution in [0.1, 0.15) is 82.8 Å². The molecule has 4 heterocycles. The highest BCUT2D eigenvalue weighted by Crippen LogP contribution is 2.53. The number of alkyl carbamates (subject to hydrolysis) is 2. The maximum absolute atomic E-state index is 16.7. The number of H-pyrrole nitrogens is 1. The quantitative estimate of drug-likeness (QED) is 0.0949. The Hall–Kier alpha value is -7.17. The molecule has 2 saturated heterocycles. The van der Waals surface area contributed by atoms with Crippen molar-refractivity contribution in [2.75, 3.05) is 26.1 Å². The molecule has 2 bridgehead atoms. The van der Waals surface area contributed by atoms with Gasteiger partial charge in [0.15, 0.2) is 0 Å². The smallest absolute Gasteiger partial charge is 0.407 e. The Balaban J connectivity index is 0.911. The van der Waals surface area contributed by atoms with Crippen LogP contribution >= 0.6 is 0 Å². The number of nitrogens with zero attached hydrogens (tertiary/aromatic N) is 4. The van der Waals surface area contributed by atoms with Gasteiger partial charge < -0.3 is 40.2 Å². The molecule has 0 spiro atoms. The molecule has 0 radical (unpaired) electrons. The number of fused-ring (bicyclic) bond motifs is 5. The summed E-state index contributed by atoms with van der Waals surface area (Å²) in [7, 11) is 2.49. The maximum atomic E-state index is 16.7. The third kappa shape index (κ3) is 8.78. The predicted molar refractivity (Wildman–Crippen MR) is 254 cm³/mol. The van der Waals surface area contributed by atoms with Crippen LogP contribution in [0.25, 0.3) is 44.6 Å². The van der Waals surface area contributed by atoms with Gasteiger partial charge in [-0.25, -0.2) is 14.6 Å². The minimum atomic E-state index is -3.33. The first-order chi connectivity index (χ1) is 33.1. The third-order valence-electron chi connectivity index (χ3n) is 14.2. The second-order valence-electron chi connectivity index (χ2n) is 19.1. The van der Waals surface area contributed by atoms with Crippen molar-refractivity contribution in [3.05, 3.63) is 102 Å². The first kappa shape index (κ1) is 46.9. The van der Waals surface area contributed by atoms with Gasteiger partial charge in [-0.1, -0.05) is 64.1 Å². The Bertz CT molecular complexity index is 2830. The van der Waals surface area contributed by atoms with E-state index in [4.69, 9.17) is 9.47 Å². The number of anilines is 1. The fourth-order valence-electron chi connectivity index (χ4n) is 10.7. The van der Waals surface area contributed by atoms with Gasteiger partial charge in [-0.05, 0) is 108 Å². The number of aromatic amines is 1. The zero-order valence-electron chi connectivity index (χ0n) is 39.3. The number of halogens is 2. The lowest BCUT2D eigenvalue weighted by Crippen LogP contribution is -2.58. The van der Waals surface area contributed by atoms with Gasteiger partial charge in [0.05, 0.1) is 32.2 Å². The zero-order chi connectivity index (χ0) is 48.9.